The molecule has 3 N–H and O–H groups in total. The van der Waals surface area contributed by atoms with Gasteiger partial charge in [-0.1, -0.05) is 50.7 Å². The van der Waals surface area contributed by atoms with Crippen LogP contribution in [0.4, 0.5) is 0 Å². The first-order valence-corrected chi connectivity index (χ1v) is 9.04. The lowest BCUT2D eigenvalue weighted by Gasteiger charge is -2.03. The minimum Gasteiger partial charge on any atom is -0.508 e. The summed E-state index contributed by atoms with van der Waals surface area (Å²) in [5, 5.41) is 20.6. The van der Waals surface area contributed by atoms with E-state index in [4.69, 9.17) is 5.11 Å². The molecule has 1 aromatic rings. The highest BCUT2D eigenvalue weighted by atomic mass is 16.4. The second kappa shape index (κ2) is 13.0. The Labute approximate surface area is 149 Å². The number of aliphatic carboxylic acids is 1. The summed E-state index contributed by atoms with van der Waals surface area (Å²) in [5.74, 6) is -0.603. The first-order chi connectivity index (χ1) is 12.1. The van der Waals surface area contributed by atoms with Gasteiger partial charge in [0.2, 0.25) is 5.91 Å². The van der Waals surface area contributed by atoms with Gasteiger partial charge in [0.1, 0.15) is 5.75 Å². The lowest BCUT2D eigenvalue weighted by molar-refractivity contribution is -0.137. The minimum atomic E-state index is -0.708. The Morgan fingerprint density at radius 3 is 2.04 bits per heavy atom. The Bertz CT molecular complexity index is 537. The molecule has 1 aromatic carbocycles. The number of carboxylic acid groups (broad SMARTS) is 1. The van der Waals surface area contributed by atoms with Gasteiger partial charge in [-0.3, -0.25) is 9.59 Å². The summed E-state index contributed by atoms with van der Waals surface area (Å²) in [6, 6.07) is 6.68. The van der Waals surface area contributed by atoms with Gasteiger partial charge < -0.3 is 15.5 Å². The number of carboxylic acids is 1. The Morgan fingerprint density at radius 1 is 0.880 bits per heavy atom. The van der Waals surface area contributed by atoms with Crippen LogP contribution < -0.4 is 5.32 Å². The molecule has 0 fully saturated rings. The summed E-state index contributed by atoms with van der Waals surface area (Å²) < 4.78 is 0. The van der Waals surface area contributed by atoms with E-state index < -0.39 is 5.97 Å². The molecule has 0 saturated heterocycles. The van der Waals surface area contributed by atoms with Crippen molar-refractivity contribution in [1.82, 2.24) is 5.32 Å². The van der Waals surface area contributed by atoms with Crippen molar-refractivity contribution >= 4 is 18.0 Å². The van der Waals surface area contributed by atoms with Crippen molar-refractivity contribution in [2.24, 2.45) is 0 Å². The first kappa shape index (κ1) is 20.7. The zero-order valence-electron chi connectivity index (χ0n) is 14.7. The predicted octanol–water partition coefficient (Wildman–Crippen LogP) is 4.12. The van der Waals surface area contributed by atoms with Crippen LogP contribution in [0.15, 0.2) is 30.3 Å². The Balaban J connectivity index is 1.94. The van der Waals surface area contributed by atoms with Crippen LogP contribution in [0, 0.1) is 0 Å². The van der Waals surface area contributed by atoms with Crippen molar-refractivity contribution in [1.29, 1.82) is 0 Å². The summed E-state index contributed by atoms with van der Waals surface area (Å²) in [4.78, 5) is 22.0. The average Bonchev–Trinajstić information content (AvgIpc) is 2.59. The molecule has 5 heteroatoms. The quantitative estimate of drug-likeness (QED) is 0.370. The van der Waals surface area contributed by atoms with E-state index in [-0.39, 0.29) is 18.1 Å². The molecule has 0 unspecified atom stereocenters. The van der Waals surface area contributed by atoms with Crippen LogP contribution in [0.25, 0.3) is 6.08 Å². The summed E-state index contributed by atoms with van der Waals surface area (Å²) in [6.07, 6.45) is 11.9. The van der Waals surface area contributed by atoms with Gasteiger partial charge >= 0.3 is 5.97 Å². The molecule has 0 spiro atoms. The van der Waals surface area contributed by atoms with Gasteiger partial charge in [0.15, 0.2) is 0 Å². The number of unbranched alkanes of at least 4 members (excludes halogenated alkanes) is 7. The Hall–Kier alpha value is -2.30. The van der Waals surface area contributed by atoms with Crippen LogP contribution in [0.3, 0.4) is 0 Å². The molecule has 1 amide bonds. The SMILES string of the molecule is O=C(O)CCCCCCCCCCNC(=O)/C=C/c1ccc(O)cc1. The fourth-order valence-electron chi connectivity index (χ4n) is 2.49. The average molecular weight is 347 g/mol. The standard InChI is InChI=1S/C20H29NO4/c22-18-13-10-17(11-14-18)12-15-19(23)21-16-8-6-4-2-1-3-5-7-9-20(24)25/h10-15,22H,1-9,16H2,(H,21,23)(H,24,25)/b15-12+. The van der Waals surface area contributed by atoms with Crippen LogP contribution in [0.2, 0.25) is 0 Å². The van der Waals surface area contributed by atoms with Crippen molar-refractivity contribution in [2.75, 3.05) is 6.54 Å². The zero-order chi connectivity index (χ0) is 18.3. The van der Waals surface area contributed by atoms with E-state index in [1.165, 1.54) is 12.5 Å². The molecule has 0 saturated carbocycles. The number of benzene rings is 1. The fourth-order valence-corrected chi connectivity index (χ4v) is 2.49. The zero-order valence-corrected chi connectivity index (χ0v) is 14.7. The molecule has 138 valence electrons. The van der Waals surface area contributed by atoms with Crippen molar-refractivity contribution in [3.8, 4) is 5.75 Å². The van der Waals surface area contributed by atoms with Crippen LogP contribution >= 0.6 is 0 Å². The van der Waals surface area contributed by atoms with Gasteiger partial charge in [0, 0.05) is 19.0 Å². The third-order valence-electron chi connectivity index (χ3n) is 3.94. The number of aromatic hydroxyl groups is 1. The molecule has 0 aliphatic rings. The smallest absolute Gasteiger partial charge is 0.303 e. The lowest BCUT2D eigenvalue weighted by atomic mass is 10.1. The predicted molar refractivity (Wildman–Crippen MR) is 99.3 cm³/mol. The van der Waals surface area contributed by atoms with Gasteiger partial charge in [-0.25, -0.2) is 0 Å². The minimum absolute atomic E-state index is 0.105. The molecule has 0 aliphatic carbocycles. The van der Waals surface area contributed by atoms with Crippen molar-refractivity contribution < 1.29 is 19.8 Å². The maximum absolute atomic E-state index is 11.7. The van der Waals surface area contributed by atoms with Crippen LogP contribution in [-0.2, 0) is 9.59 Å². The number of hydrogen-bond acceptors (Lipinski definition) is 3. The summed E-state index contributed by atoms with van der Waals surface area (Å²) in [6.45, 7) is 0.678. The summed E-state index contributed by atoms with van der Waals surface area (Å²) in [5.41, 5.74) is 0.872. The van der Waals surface area contributed by atoms with Crippen molar-refractivity contribution in [3.63, 3.8) is 0 Å². The highest BCUT2D eigenvalue weighted by Crippen LogP contribution is 2.11. The van der Waals surface area contributed by atoms with E-state index in [1.807, 2.05) is 0 Å². The second-order valence-electron chi connectivity index (χ2n) is 6.19. The Kier molecular flexibility index (Phi) is 10.8. The maximum atomic E-state index is 11.7. The van der Waals surface area contributed by atoms with Crippen LogP contribution in [0.5, 0.6) is 5.75 Å². The number of hydrogen-bond donors (Lipinski definition) is 3. The molecule has 0 aliphatic heterocycles. The van der Waals surface area contributed by atoms with Crippen molar-refractivity contribution in [3.05, 3.63) is 35.9 Å². The number of amides is 1. The fraction of sp³-hybridized carbons (Fsp3) is 0.500. The topological polar surface area (TPSA) is 86.6 Å². The number of rotatable bonds is 13. The second-order valence-corrected chi connectivity index (χ2v) is 6.19. The van der Waals surface area contributed by atoms with Gasteiger partial charge in [0.05, 0.1) is 0 Å². The van der Waals surface area contributed by atoms with Gasteiger partial charge in [-0.15, -0.1) is 0 Å². The Morgan fingerprint density at radius 2 is 1.44 bits per heavy atom. The van der Waals surface area contributed by atoms with Crippen LogP contribution in [-0.4, -0.2) is 28.6 Å². The molecule has 0 heterocycles. The van der Waals surface area contributed by atoms with Gasteiger partial charge in [0.25, 0.3) is 0 Å². The van der Waals surface area contributed by atoms with E-state index in [0.29, 0.717) is 6.54 Å². The van der Waals surface area contributed by atoms with E-state index in [9.17, 15) is 14.7 Å². The molecular formula is C20H29NO4. The van der Waals surface area contributed by atoms with E-state index in [0.717, 1.165) is 50.5 Å². The maximum Gasteiger partial charge on any atom is 0.303 e. The van der Waals surface area contributed by atoms with Gasteiger partial charge in [-0.05, 0) is 36.6 Å². The molecule has 5 nitrogen and oxygen atoms in total. The molecule has 0 radical (unpaired) electrons. The molecule has 0 bridgehead atoms. The van der Waals surface area contributed by atoms with E-state index in [1.54, 1.807) is 30.3 Å². The number of phenols is 1. The molecule has 1 rings (SSSR count). The molecule has 0 aromatic heterocycles. The third-order valence-corrected chi connectivity index (χ3v) is 3.94. The number of carbonyl (C=O) groups is 2. The summed E-state index contributed by atoms with van der Waals surface area (Å²) in [7, 11) is 0. The van der Waals surface area contributed by atoms with E-state index >= 15 is 0 Å². The van der Waals surface area contributed by atoms with Gasteiger partial charge in [-0.2, -0.15) is 0 Å². The first-order valence-electron chi connectivity index (χ1n) is 9.04. The summed E-state index contributed by atoms with van der Waals surface area (Å²) >= 11 is 0. The van der Waals surface area contributed by atoms with E-state index in [2.05, 4.69) is 5.32 Å². The number of nitrogens with one attached hydrogen (secondary N) is 1. The van der Waals surface area contributed by atoms with Crippen molar-refractivity contribution in [2.45, 2.75) is 57.8 Å². The monoisotopic (exact) mass is 347 g/mol. The number of carbonyl (C=O) groups excluding carboxylic acids is 1. The third kappa shape index (κ3) is 11.8. The highest BCUT2D eigenvalue weighted by molar-refractivity contribution is 5.91. The lowest BCUT2D eigenvalue weighted by Crippen LogP contribution is -2.21. The normalized spacial score (nSPS) is 10.9. The highest BCUT2D eigenvalue weighted by Gasteiger charge is 1.98. The molecular weight excluding hydrogens is 318 g/mol. The molecule has 0 atom stereocenters. The largest absolute Gasteiger partial charge is 0.508 e. The van der Waals surface area contributed by atoms with Crippen LogP contribution in [0.1, 0.15) is 63.4 Å². The molecule has 25 heavy (non-hydrogen) atoms. The number of phenolic OH excluding ortho intramolecular Hbond substituents is 1.